The maximum atomic E-state index is 13.7. The zero-order valence-corrected chi connectivity index (χ0v) is 15.5. The summed E-state index contributed by atoms with van der Waals surface area (Å²) < 4.78 is 19.7. The smallest absolute Gasteiger partial charge is 0.273 e. The Hall–Kier alpha value is -3.46. The fourth-order valence-corrected chi connectivity index (χ4v) is 3.59. The van der Waals surface area contributed by atoms with Crippen LogP contribution >= 0.6 is 11.5 Å². The third-order valence-electron chi connectivity index (χ3n) is 4.17. The highest BCUT2D eigenvalue weighted by Crippen LogP contribution is 2.27. The SMILES string of the molecule is Cc1nc2c(-c3ccncc3)nsc2c(=O)n1CC(=O)Nc1ccccc1F. The standard InChI is InChI=1S/C19H14FN5O2S/c1-11-22-17-16(12-6-8-21-9-7-12)24-28-18(17)19(27)25(11)10-15(26)23-14-5-3-2-4-13(14)20/h2-9H,10H2,1H3,(H,23,26). The number of aromatic nitrogens is 4. The highest BCUT2D eigenvalue weighted by atomic mass is 32.1. The second kappa shape index (κ2) is 7.28. The van der Waals surface area contributed by atoms with Gasteiger partial charge >= 0.3 is 0 Å². The van der Waals surface area contributed by atoms with Crippen molar-refractivity contribution in [1.82, 2.24) is 18.9 Å². The van der Waals surface area contributed by atoms with Gasteiger partial charge in [-0.15, -0.1) is 0 Å². The molecule has 0 aliphatic rings. The number of rotatable bonds is 4. The summed E-state index contributed by atoms with van der Waals surface area (Å²) in [5, 5.41) is 2.47. The zero-order chi connectivity index (χ0) is 19.7. The van der Waals surface area contributed by atoms with Gasteiger partial charge < -0.3 is 5.32 Å². The second-order valence-corrected chi connectivity index (χ2v) is 6.80. The first kappa shape index (κ1) is 17.9. The van der Waals surface area contributed by atoms with E-state index in [2.05, 4.69) is 19.7 Å². The van der Waals surface area contributed by atoms with Crippen LogP contribution in [0.25, 0.3) is 21.5 Å². The molecule has 0 radical (unpaired) electrons. The number of para-hydroxylation sites is 1. The first-order valence-corrected chi connectivity index (χ1v) is 9.13. The van der Waals surface area contributed by atoms with E-state index in [1.54, 1.807) is 37.5 Å². The van der Waals surface area contributed by atoms with E-state index in [0.29, 0.717) is 21.7 Å². The Morgan fingerprint density at radius 1 is 1.21 bits per heavy atom. The summed E-state index contributed by atoms with van der Waals surface area (Å²) in [6.07, 6.45) is 3.28. The predicted molar refractivity (Wildman–Crippen MR) is 105 cm³/mol. The minimum absolute atomic E-state index is 0.0602. The van der Waals surface area contributed by atoms with Gasteiger partial charge in [0, 0.05) is 18.0 Å². The van der Waals surface area contributed by atoms with Gasteiger partial charge in [0.15, 0.2) is 0 Å². The summed E-state index contributed by atoms with van der Waals surface area (Å²) in [5.41, 5.74) is 1.60. The number of amides is 1. The summed E-state index contributed by atoms with van der Waals surface area (Å²) in [6, 6.07) is 9.42. The van der Waals surface area contributed by atoms with Gasteiger partial charge in [0.1, 0.15) is 34.1 Å². The fraction of sp³-hybridized carbons (Fsp3) is 0.105. The lowest BCUT2D eigenvalue weighted by Gasteiger charge is -2.10. The van der Waals surface area contributed by atoms with Crippen molar-refractivity contribution in [2.24, 2.45) is 0 Å². The van der Waals surface area contributed by atoms with Crippen LogP contribution in [0, 0.1) is 12.7 Å². The van der Waals surface area contributed by atoms with E-state index in [4.69, 9.17) is 0 Å². The molecule has 0 saturated carbocycles. The first-order chi connectivity index (χ1) is 13.5. The largest absolute Gasteiger partial charge is 0.322 e. The monoisotopic (exact) mass is 395 g/mol. The number of carbonyl (C=O) groups is 1. The van der Waals surface area contributed by atoms with Crippen LogP contribution in [0.5, 0.6) is 0 Å². The molecule has 0 aliphatic carbocycles. The molecule has 9 heteroatoms. The number of nitrogens with zero attached hydrogens (tertiary/aromatic N) is 4. The molecular weight excluding hydrogens is 381 g/mol. The van der Waals surface area contributed by atoms with E-state index in [-0.39, 0.29) is 17.8 Å². The Bertz CT molecular complexity index is 1240. The summed E-state index contributed by atoms with van der Waals surface area (Å²) in [4.78, 5) is 33.7. The van der Waals surface area contributed by atoms with Gasteiger partial charge in [0.25, 0.3) is 5.56 Å². The number of nitrogens with one attached hydrogen (secondary N) is 1. The van der Waals surface area contributed by atoms with Gasteiger partial charge in [0.2, 0.25) is 5.91 Å². The Labute approximate surface area is 162 Å². The molecule has 0 aliphatic heterocycles. The average Bonchev–Trinajstić information content (AvgIpc) is 3.11. The Morgan fingerprint density at radius 2 is 1.96 bits per heavy atom. The predicted octanol–water partition coefficient (Wildman–Crippen LogP) is 3.00. The van der Waals surface area contributed by atoms with Crippen molar-refractivity contribution in [2.75, 3.05) is 5.32 Å². The number of pyridine rings is 1. The molecule has 4 aromatic rings. The topological polar surface area (TPSA) is 89.8 Å². The van der Waals surface area contributed by atoms with E-state index >= 15 is 0 Å². The van der Waals surface area contributed by atoms with Crippen LogP contribution in [-0.4, -0.2) is 24.8 Å². The minimum Gasteiger partial charge on any atom is -0.322 e. The molecule has 1 aromatic carbocycles. The molecule has 0 spiro atoms. The van der Waals surface area contributed by atoms with Crippen molar-refractivity contribution in [1.29, 1.82) is 0 Å². The molecule has 28 heavy (non-hydrogen) atoms. The first-order valence-electron chi connectivity index (χ1n) is 8.36. The lowest BCUT2D eigenvalue weighted by Crippen LogP contribution is -2.30. The molecule has 1 N–H and O–H groups in total. The molecule has 3 aromatic heterocycles. The number of aryl methyl sites for hydroxylation is 1. The second-order valence-electron chi connectivity index (χ2n) is 6.02. The zero-order valence-electron chi connectivity index (χ0n) is 14.7. The van der Waals surface area contributed by atoms with E-state index in [1.165, 1.54) is 22.8 Å². The van der Waals surface area contributed by atoms with Crippen LogP contribution in [0.4, 0.5) is 10.1 Å². The maximum absolute atomic E-state index is 13.7. The molecule has 3 heterocycles. The number of carbonyl (C=O) groups excluding carboxylic acids is 1. The number of benzene rings is 1. The molecule has 1 amide bonds. The van der Waals surface area contributed by atoms with Crippen LogP contribution in [0.15, 0.2) is 53.6 Å². The van der Waals surface area contributed by atoms with Crippen LogP contribution < -0.4 is 10.9 Å². The summed E-state index contributed by atoms with van der Waals surface area (Å²) in [7, 11) is 0. The van der Waals surface area contributed by atoms with Crippen LogP contribution in [0.2, 0.25) is 0 Å². The molecule has 0 unspecified atom stereocenters. The number of halogens is 1. The van der Waals surface area contributed by atoms with E-state index < -0.39 is 11.7 Å². The minimum atomic E-state index is -0.544. The molecule has 0 atom stereocenters. The number of anilines is 1. The van der Waals surface area contributed by atoms with Gasteiger partial charge in [-0.3, -0.25) is 19.1 Å². The highest BCUT2D eigenvalue weighted by Gasteiger charge is 2.18. The van der Waals surface area contributed by atoms with Crippen LogP contribution in [0.3, 0.4) is 0 Å². The molecule has 7 nitrogen and oxygen atoms in total. The van der Waals surface area contributed by atoms with Crippen molar-refractivity contribution in [3.05, 3.63) is 70.8 Å². The van der Waals surface area contributed by atoms with Crippen molar-refractivity contribution in [2.45, 2.75) is 13.5 Å². The van der Waals surface area contributed by atoms with Crippen LogP contribution in [-0.2, 0) is 11.3 Å². The number of hydrogen-bond acceptors (Lipinski definition) is 6. The lowest BCUT2D eigenvalue weighted by atomic mass is 10.2. The highest BCUT2D eigenvalue weighted by molar-refractivity contribution is 7.13. The number of hydrogen-bond donors (Lipinski definition) is 1. The van der Waals surface area contributed by atoms with Gasteiger partial charge in [-0.2, -0.15) is 4.37 Å². The van der Waals surface area contributed by atoms with Crippen LogP contribution in [0.1, 0.15) is 5.82 Å². The molecule has 140 valence electrons. The normalized spacial score (nSPS) is 10.9. The summed E-state index contributed by atoms with van der Waals surface area (Å²) in [5.74, 6) is -0.690. The van der Waals surface area contributed by atoms with E-state index in [1.807, 2.05) is 0 Å². The van der Waals surface area contributed by atoms with Gasteiger partial charge in [-0.1, -0.05) is 12.1 Å². The third kappa shape index (κ3) is 3.27. The van der Waals surface area contributed by atoms with Gasteiger partial charge in [-0.05, 0) is 42.7 Å². The maximum Gasteiger partial charge on any atom is 0.273 e. The Morgan fingerprint density at radius 3 is 2.71 bits per heavy atom. The average molecular weight is 395 g/mol. The quantitative estimate of drug-likeness (QED) is 0.574. The Kier molecular flexibility index (Phi) is 4.66. The van der Waals surface area contributed by atoms with Gasteiger partial charge in [-0.25, -0.2) is 9.37 Å². The van der Waals surface area contributed by atoms with Crippen molar-refractivity contribution in [3.8, 4) is 11.3 Å². The molecule has 0 fully saturated rings. The summed E-state index contributed by atoms with van der Waals surface area (Å²) in [6.45, 7) is 1.37. The lowest BCUT2D eigenvalue weighted by molar-refractivity contribution is -0.116. The molecule has 4 rings (SSSR count). The number of fused-ring (bicyclic) bond motifs is 1. The molecular formula is C19H14FN5O2S. The molecule has 0 saturated heterocycles. The van der Waals surface area contributed by atoms with E-state index in [9.17, 15) is 14.0 Å². The Balaban J connectivity index is 1.68. The van der Waals surface area contributed by atoms with Crippen molar-refractivity contribution >= 4 is 33.3 Å². The summed E-state index contributed by atoms with van der Waals surface area (Å²) >= 11 is 1.03. The van der Waals surface area contributed by atoms with E-state index in [0.717, 1.165) is 17.1 Å². The fourth-order valence-electron chi connectivity index (χ4n) is 2.80. The van der Waals surface area contributed by atoms with Gasteiger partial charge in [0.05, 0.1) is 5.69 Å². The molecule has 0 bridgehead atoms. The third-order valence-corrected chi connectivity index (χ3v) is 5.00. The van der Waals surface area contributed by atoms with Crippen molar-refractivity contribution < 1.29 is 9.18 Å². The van der Waals surface area contributed by atoms with Crippen molar-refractivity contribution in [3.63, 3.8) is 0 Å².